The predicted octanol–water partition coefficient (Wildman–Crippen LogP) is 3.56. The largest absolute Gasteiger partial charge is 0.378 e. The third-order valence-electron chi connectivity index (χ3n) is 4.44. The Bertz CT molecular complexity index is 1050. The Balaban J connectivity index is 1.98. The average Bonchev–Trinajstić information content (AvgIpc) is 2.68. The SMILES string of the molecule is O=S(=O)(c1ccccc1)c1cnc2cc(Cl)ccc2c1N1CCOCC1. The van der Waals surface area contributed by atoms with Crippen molar-refractivity contribution < 1.29 is 13.2 Å². The molecular formula is C19H17ClN2O3S. The molecule has 2 aromatic carbocycles. The Morgan fingerprint density at radius 2 is 1.77 bits per heavy atom. The standard InChI is InChI=1S/C19H17ClN2O3S/c20-14-6-7-16-17(12-14)21-13-18(19(16)22-8-10-25-11-9-22)26(23,24)15-4-2-1-3-5-15/h1-7,12-13H,8-11H2. The molecule has 1 aliphatic heterocycles. The molecule has 1 saturated heterocycles. The van der Waals surface area contributed by atoms with Gasteiger partial charge in [-0.05, 0) is 30.3 Å². The van der Waals surface area contributed by atoms with Crippen molar-refractivity contribution >= 4 is 38.0 Å². The summed E-state index contributed by atoms with van der Waals surface area (Å²) in [5.41, 5.74) is 1.34. The smallest absolute Gasteiger partial charge is 0.210 e. The maximum absolute atomic E-state index is 13.3. The molecule has 0 amide bonds. The van der Waals surface area contributed by atoms with Crippen LogP contribution < -0.4 is 4.90 Å². The molecule has 2 heterocycles. The Morgan fingerprint density at radius 3 is 2.50 bits per heavy atom. The molecule has 5 nitrogen and oxygen atoms in total. The fourth-order valence-corrected chi connectivity index (χ4v) is 4.79. The molecule has 0 bridgehead atoms. The lowest BCUT2D eigenvalue weighted by Crippen LogP contribution is -2.37. The number of sulfone groups is 1. The van der Waals surface area contributed by atoms with Crippen molar-refractivity contribution in [1.82, 2.24) is 4.98 Å². The second-order valence-corrected chi connectivity index (χ2v) is 8.40. The summed E-state index contributed by atoms with van der Waals surface area (Å²) in [6.07, 6.45) is 1.44. The Hall–Kier alpha value is -2.15. The van der Waals surface area contributed by atoms with E-state index in [1.165, 1.54) is 6.20 Å². The summed E-state index contributed by atoms with van der Waals surface area (Å²) in [6, 6.07) is 13.8. The summed E-state index contributed by atoms with van der Waals surface area (Å²) in [4.78, 5) is 6.88. The number of morpholine rings is 1. The molecule has 7 heteroatoms. The fraction of sp³-hybridized carbons (Fsp3) is 0.211. The molecule has 3 aromatic rings. The number of ether oxygens (including phenoxy) is 1. The molecule has 26 heavy (non-hydrogen) atoms. The first-order valence-corrected chi connectivity index (χ1v) is 10.1. The van der Waals surface area contributed by atoms with Gasteiger partial charge in [-0.2, -0.15) is 0 Å². The molecule has 0 aliphatic carbocycles. The van der Waals surface area contributed by atoms with Crippen molar-refractivity contribution in [2.45, 2.75) is 9.79 Å². The maximum Gasteiger partial charge on any atom is 0.210 e. The number of hydrogen-bond donors (Lipinski definition) is 0. The van der Waals surface area contributed by atoms with E-state index in [0.717, 1.165) is 5.39 Å². The molecule has 134 valence electrons. The van der Waals surface area contributed by atoms with Crippen molar-refractivity contribution in [3.8, 4) is 0 Å². The molecular weight excluding hydrogens is 372 g/mol. The van der Waals surface area contributed by atoms with Crippen LogP contribution in [0.25, 0.3) is 10.9 Å². The van der Waals surface area contributed by atoms with Crippen LogP contribution in [0.1, 0.15) is 0 Å². The minimum absolute atomic E-state index is 0.209. The van der Waals surface area contributed by atoms with E-state index in [2.05, 4.69) is 9.88 Å². The van der Waals surface area contributed by atoms with Gasteiger partial charge in [0.25, 0.3) is 0 Å². The Morgan fingerprint density at radius 1 is 1.04 bits per heavy atom. The second kappa shape index (κ2) is 6.87. The average molecular weight is 389 g/mol. The van der Waals surface area contributed by atoms with Gasteiger partial charge in [-0.1, -0.05) is 29.8 Å². The van der Waals surface area contributed by atoms with Gasteiger partial charge in [0.2, 0.25) is 9.84 Å². The van der Waals surface area contributed by atoms with E-state index < -0.39 is 9.84 Å². The maximum atomic E-state index is 13.3. The number of nitrogens with zero attached hydrogens (tertiary/aromatic N) is 2. The van der Waals surface area contributed by atoms with E-state index in [4.69, 9.17) is 16.3 Å². The number of anilines is 1. The highest BCUT2D eigenvalue weighted by Crippen LogP contribution is 2.36. The molecule has 1 aromatic heterocycles. The van der Waals surface area contributed by atoms with Crippen LogP contribution in [-0.2, 0) is 14.6 Å². The number of aromatic nitrogens is 1. The third kappa shape index (κ3) is 3.05. The monoisotopic (exact) mass is 388 g/mol. The van der Waals surface area contributed by atoms with Gasteiger partial charge in [0.1, 0.15) is 4.90 Å². The molecule has 1 fully saturated rings. The van der Waals surface area contributed by atoms with Crippen LogP contribution in [0.15, 0.2) is 64.5 Å². The summed E-state index contributed by atoms with van der Waals surface area (Å²) >= 11 is 6.09. The van der Waals surface area contributed by atoms with E-state index in [1.807, 2.05) is 6.07 Å². The van der Waals surface area contributed by atoms with Crippen LogP contribution in [0.5, 0.6) is 0 Å². The van der Waals surface area contributed by atoms with Crippen LogP contribution in [0.3, 0.4) is 0 Å². The van der Waals surface area contributed by atoms with Crippen molar-refractivity contribution in [2.24, 2.45) is 0 Å². The highest BCUT2D eigenvalue weighted by atomic mass is 35.5. The molecule has 0 spiro atoms. The highest BCUT2D eigenvalue weighted by molar-refractivity contribution is 7.91. The molecule has 0 radical (unpaired) electrons. The zero-order valence-electron chi connectivity index (χ0n) is 13.9. The van der Waals surface area contributed by atoms with Gasteiger partial charge in [-0.3, -0.25) is 4.98 Å². The zero-order valence-corrected chi connectivity index (χ0v) is 15.5. The minimum Gasteiger partial charge on any atom is -0.378 e. The molecule has 0 unspecified atom stereocenters. The molecule has 4 rings (SSSR count). The third-order valence-corrected chi connectivity index (χ3v) is 6.45. The summed E-state index contributed by atoms with van der Waals surface area (Å²) in [5, 5.41) is 1.34. The Labute approximate surface area is 157 Å². The first-order valence-electron chi connectivity index (χ1n) is 8.28. The van der Waals surface area contributed by atoms with E-state index in [0.29, 0.717) is 42.5 Å². The Kier molecular flexibility index (Phi) is 4.56. The van der Waals surface area contributed by atoms with Crippen LogP contribution in [0, 0.1) is 0 Å². The lowest BCUT2D eigenvalue weighted by Gasteiger charge is -2.31. The predicted molar refractivity (Wildman–Crippen MR) is 102 cm³/mol. The molecule has 1 aliphatic rings. The molecule has 0 N–H and O–H groups in total. The van der Waals surface area contributed by atoms with Crippen LogP contribution in [0.4, 0.5) is 5.69 Å². The molecule has 0 saturated carbocycles. The van der Waals surface area contributed by atoms with Crippen LogP contribution in [0.2, 0.25) is 5.02 Å². The van der Waals surface area contributed by atoms with Gasteiger partial charge < -0.3 is 9.64 Å². The quantitative estimate of drug-likeness (QED) is 0.686. The highest BCUT2D eigenvalue weighted by Gasteiger charge is 2.27. The number of rotatable bonds is 3. The van der Waals surface area contributed by atoms with Crippen molar-refractivity contribution in [2.75, 3.05) is 31.2 Å². The van der Waals surface area contributed by atoms with Gasteiger partial charge in [0.05, 0.1) is 29.3 Å². The van der Waals surface area contributed by atoms with Crippen molar-refractivity contribution in [3.63, 3.8) is 0 Å². The van der Waals surface area contributed by atoms with Gasteiger partial charge in [0, 0.05) is 29.7 Å². The lowest BCUT2D eigenvalue weighted by atomic mass is 10.1. The summed E-state index contributed by atoms with van der Waals surface area (Å²) < 4.78 is 32.0. The second-order valence-electron chi connectivity index (χ2n) is 6.05. The topological polar surface area (TPSA) is 59.5 Å². The number of fused-ring (bicyclic) bond motifs is 1. The van der Waals surface area contributed by atoms with Gasteiger partial charge >= 0.3 is 0 Å². The van der Waals surface area contributed by atoms with E-state index in [1.54, 1.807) is 42.5 Å². The van der Waals surface area contributed by atoms with Crippen LogP contribution in [-0.4, -0.2) is 39.7 Å². The summed E-state index contributed by atoms with van der Waals surface area (Å²) in [7, 11) is -3.70. The normalized spacial score (nSPS) is 15.3. The first kappa shape index (κ1) is 17.3. The minimum atomic E-state index is -3.70. The zero-order chi connectivity index (χ0) is 18.1. The fourth-order valence-electron chi connectivity index (χ4n) is 3.17. The number of hydrogen-bond acceptors (Lipinski definition) is 5. The van der Waals surface area contributed by atoms with Crippen molar-refractivity contribution in [3.05, 3.63) is 59.8 Å². The van der Waals surface area contributed by atoms with E-state index >= 15 is 0 Å². The van der Waals surface area contributed by atoms with Gasteiger partial charge in [0.15, 0.2) is 0 Å². The number of pyridine rings is 1. The van der Waals surface area contributed by atoms with Gasteiger partial charge in [-0.25, -0.2) is 8.42 Å². The summed E-state index contributed by atoms with van der Waals surface area (Å²) in [6.45, 7) is 2.36. The van der Waals surface area contributed by atoms with E-state index in [-0.39, 0.29) is 9.79 Å². The van der Waals surface area contributed by atoms with Gasteiger partial charge in [-0.15, -0.1) is 0 Å². The number of halogens is 1. The van der Waals surface area contributed by atoms with Crippen molar-refractivity contribution in [1.29, 1.82) is 0 Å². The first-order chi connectivity index (χ1) is 12.6. The lowest BCUT2D eigenvalue weighted by molar-refractivity contribution is 0.122. The van der Waals surface area contributed by atoms with E-state index in [9.17, 15) is 8.42 Å². The van der Waals surface area contributed by atoms with Crippen LogP contribution >= 0.6 is 11.6 Å². The molecule has 0 atom stereocenters. The summed E-state index contributed by atoms with van der Waals surface area (Å²) in [5.74, 6) is 0. The number of benzene rings is 2.